The Balaban J connectivity index is 1.55. The van der Waals surface area contributed by atoms with Crippen molar-refractivity contribution in [1.29, 1.82) is 0 Å². The standard InChI is InChI=1S/C22H23BrN4O3/c1-14(28)26-20(12-15-13-25-19-5-3-2-4-18(15)19)22(30)24-11-10-21(29)27-17-8-6-16(23)7-9-17/h2-9,13,20,25H,10-12H2,1H3,(H,24,30)(H,26,28)(H,27,29). The van der Waals surface area contributed by atoms with E-state index < -0.39 is 6.04 Å². The van der Waals surface area contributed by atoms with Crippen LogP contribution >= 0.6 is 15.9 Å². The van der Waals surface area contributed by atoms with Crippen LogP contribution in [0.2, 0.25) is 0 Å². The van der Waals surface area contributed by atoms with Crippen molar-refractivity contribution in [3.63, 3.8) is 0 Å². The number of amides is 3. The highest BCUT2D eigenvalue weighted by Crippen LogP contribution is 2.19. The van der Waals surface area contributed by atoms with Crippen LogP contribution in [-0.2, 0) is 20.8 Å². The van der Waals surface area contributed by atoms with Crippen molar-refractivity contribution in [2.45, 2.75) is 25.8 Å². The van der Waals surface area contributed by atoms with E-state index in [4.69, 9.17) is 0 Å². The number of para-hydroxylation sites is 1. The Morgan fingerprint density at radius 3 is 2.53 bits per heavy atom. The summed E-state index contributed by atoms with van der Waals surface area (Å²) in [7, 11) is 0. The third kappa shape index (κ3) is 5.93. The van der Waals surface area contributed by atoms with Gasteiger partial charge in [-0.15, -0.1) is 0 Å². The summed E-state index contributed by atoms with van der Waals surface area (Å²) >= 11 is 3.34. The maximum absolute atomic E-state index is 12.6. The second-order valence-corrected chi connectivity index (χ2v) is 7.83. The number of hydrogen-bond donors (Lipinski definition) is 4. The van der Waals surface area contributed by atoms with Crippen LogP contribution in [-0.4, -0.2) is 35.3 Å². The molecule has 4 N–H and O–H groups in total. The van der Waals surface area contributed by atoms with Crippen molar-refractivity contribution in [2.24, 2.45) is 0 Å². The molecule has 3 amide bonds. The molecular formula is C22H23BrN4O3. The van der Waals surface area contributed by atoms with E-state index in [1.165, 1.54) is 6.92 Å². The second kappa shape index (κ2) is 10.1. The van der Waals surface area contributed by atoms with E-state index in [1.54, 1.807) is 12.1 Å². The minimum absolute atomic E-state index is 0.127. The van der Waals surface area contributed by atoms with Crippen LogP contribution in [0.3, 0.4) is 0 Å². The van der Waals surface area contributed by atoms with Crippen LogP contribution in [0.4, 0.5) is 5.69 Å². The van der Waals surface area contributed by atoms with Gasteiger partial charge in [-0.05, 0) is 35.9 Å². The van der Waals surface area contributed by atoms with Crippen molar-refractivity contribution < 1.29 is 14.4 Å². The molecule has 0 aliphatic rings. The SMILES string of the molecule is CC(=O)NC(Cc1c[nH]c2ccccc12)C(=O)NCCC(=O)Nc1ccc(Br)cc1. The number of halogens is 1. The zero-order valence-corrected chi connectivity index (χ0v) is 18.1. The molecule has 0 spiro atoms. The number of carbonyl (C=O) groups excluding carboxylic acids is 3. The second-order valence-electron chi connectivity index (χ2n) is 6.91. The number of benzene rings is 2. The number of aromatic nitrogens is 1. The molecule has 1 heterocycles. The first-order valence-corrected chi connectivity index (χ1v) is 10.4. The molecule has 1 aromatic heterocycles. The van der Waals surface area contributed by atoms with E-state index in [0.29, 0.717) is 12.1 Å². The Bertz CT molecular complexity index is 1050. The van der Waals surface area contributed by atoms with E-state index in [-0.39, 0.29) is 30.7 Å². The molecule has 0 aliphatic carbocycles. The van der Waals surface area contributed by atoms with E-state index in [9.17, 15) is 14.4 Å². The lowest BCUT2D eigenvalue weighted by Gasteiger charge is -2.17. The zero-order chi connectivity index (χ0) is 21.5. The van der Waals surface area contributed by atoms with Crippen LogP contribution in [0.5, 0.6) is 0 Å². The predicted octanol–water partition coefficient (Wildman–Crippen LogP) is 3.12. The largest absolute Gasteiger partial charge is 0.361 e. The lowest BCUT2D eigenvalue weighted by atomic mass is 10.0. The summed E-state index contributed by atoms with van der Waals surface area (Å²) in [4.78, 5) is 39.5. The highest BCUT2D eigenvalue weighted by molar-refractivity contribution is 9.10. The van der Waals surface area contributed by atoms with Gasteiger partial charge in [-0.3, -0.25) is 14.4 Å². The molecule has 0 fully saturated rings. The van der Waals surface area contributed by atoms with Crippen LogP contribution in [0.15, 0.2) is 59.2 Å². The quantitative estimate of drug-likeness (QED) is 0.406. The summed E-state index contributed by atoms with van der Waals surface area (Å²) in [6, 6.07) is 14.3. The van der Waals surface area contributed by atoms with E-state index in [1.807, 2.05) is 42.6 Å². The number of H-pyrrole nitrogens is 1. The number of fused-ring (bicyclic) bond motifs is 1. The third-order valence-corrected chi connectivity index (χ3v) is 5.10. The highest BCUT2D eigenvalue weighted by atomic mass is 79.9. The maximum atomic E-state index is 12.6. The smallest absolute Gasteiger partial charge is 0.242 e. The normalized spacial score (nSPS) is 11.7. The first kappa shape index (κ1) is 21.6. The average Bonchev–Trinajstić information content (AvgIpc) is 3.12. The predicted molar refractivity (Wildman–Crippen MR) is 120 cm³/mol. The summed E-state index contributed by atoms with van der Waals surface area (Å²) in [6.07, 6.45) is 2.32. The zero-order valence-electron chi connectivity index (χ0n) is 16.5. The first-order chi connectivity index (χ1) is 14.4. The van der Waals surface area contributed by atoms with Gasteiger partial charge in [-0.2, -0.15) is 0 Å². The van der Waals surface area contributed by atoms with Crippen molar-refractivity contribution >= 4 is 50.2 Å². The summed E-state index contributed by atoms with van der Waals surface area (Å²) < 4.78 is 0.923. The molecule has 0 bridgehead atoms. The molecule has 1 unspecified atom stereocenters. The number of nitrogens with one attached hydrogen (secondary N) is 4. The molecule has 8 heteroatoms. The molecule has 0 saturated carbocycles. The van der Waals surface area contributed by atoms with Gasteiger partial charge < -0.3 is 20.9 Å². The Hall–Kier alpha value is -3.13. The highest BCUT2D eigenvalue weighted by Gasteiger charge is 2.21. The summed E-state index contributed by atoms with van der Waals surface area (Å²) in [5.74, 6) is -0.819. The van der Waals surface area contributed by atoms with Crippen molar-refractivity contribution in [3.8, 4) is 0 Å². The van der Waals surface area contributed by atoms with Gasteiger partial charge in [-0.1, -0.05) is 34.1 Å². The van der Waals surface area contributed by atoms with Crippen LogP contribution < -0.4 is 16.0 Å². The number of anilines is 1. The fourth-order valence-corrected chi connectivity index (χ4v) is 3.42. The lowest BCUT2D eigenvalue weighted by molar-refractivity contribution is -0.128. The summed E-state index contributed by atoms with van der Waals surface area (Å²) in [5.41, 5.74) is 2.59. The van der Waals surface area contributed by atoms with E-state index >= 15 is 0 Å². The van der Waals surface area contributed by atoms with Gasteiger partial charge in [-0.25, -0.2) is 0 Å². The Morgan fingerprint density at radius 2 is 1.80 bits per heavy atom. The molecule has 1 atom stereocenters. The monoisotopic (exact) mass is 470 g/mol. The Labute approximate surface area is 182 Å². The molecule has 30 heavy (non-hydrogen) atoms. The number of rotatable bonds is 8. The van der Waals surface area contributed by atoms with Gasteiger partial charge in [0.25, 0.3) is 0 Å². The van der Waals surface area contributed by atoms with Gasteiger partial charge in [0.15, 0.2) is 0 Å². The van der Waals surface area contributed by atoms with Gasteiger partial charge in [0.1, 0.15) is 6.04 Å². The fourth-order valence-electron chi connectivity index (χ4n) is 3.15. The van der Waals surface area contributed by atoms with Gasteiger partial charge in [0.05, 0.1) is 0 Å². The van der Waals surface area contributed by atoms with Crippen LogP contribution in [0.25, 0.3) is 10.9 Å². The number of carbonyl (C=O) groups is 3. The third-order valence-electron chi connectivity index (χ3n) is 4.57. The first-order valence-electron chi connectivity index (χ1n) is 9.57. The van der Waals surface area contributed by atoms with Crippen molar-refractivity contribution in [3.05, 3.63) is 64.8 Å². The molecule has 0 aliphatic heterocycles. The Morgan fingerprint density at radius 1 is 1.07 bits per heavy atom. The fraction of sp³-hybridized carbons (Fsp3) is 0.227. The molecule has 2 aromatic carbocycles. The average molecular weight is 471 g/mol. The number of aromatic amines is 1. The van der Waals surface area contributed by atoms with E-state index in [2.05, 4.69) is 36.9 Å². The van der Waals surface area contributed by atoms with Gasteiger partial charge in [0.2, 0.25) is 17.7 Å². The molecule has 0 radical (unpaired) electrons. The minimum atomic E-state index is -0.726. The molecule has 7 nitrogen and oxygen atoms in total. The Kier molecular flexibility index (Phi) is 7.24. The van der Waals surface area contributed by atoms with Crippen LogP contribution in [0.1, 0.15) is 18.9 Å². The lowest BCUT2D eigenvalue weighted by Crippen LogP contribution is -2.47. The molecular weight excluding hydrogens is 448 g/mol. The summed E-state index contributed by atoms with van der Waals surface area (Å²) in [6.45, 7) is 1.55. The maximum Gasteiger partial charge on any atom is 0.242 e. The van der Waals surface area contributed by atoms with Crippen molar-refractivity contribution in [1.82, 2.24) is 15.6 Å². The number of hydrogen-bond acceptors (Lipinski definition) is 3. The molecule has 156 valence electrons. The van der Waals surface area contributed by atoms with E-state index in [0.717, 1.165) is 20.9 Å². The van der Waals surface area contributed by atoms with Gasteiger partial charge >= 0.3 is 0 Å². The molecule has 3 aromatic rings. The molecule has 3 rings (SSSR count). The minimum Gasteiger partial charge on any atom is -0.361 e. The van der Waals surface area contributed by atoms with Gasteiger partial charge in [0, 0.05) is 53.6 Å². The van der Waals surface area contributed by atoms with Crippen molar-refractivity contribution in [2.75, 3.05) is 11.9 Å². The molecule has 0 saturated heterocycles. The topological polar surface area (TPSA) is 103 Å². The van der Waals surface area contributed by atoms with Crippen LogP contribution in [0, 0.1) is 0 Å². The summed E-state index contributed by atoms with van der Waals surface area (Å²) in [5, 5.41) is 9.22.